The molecule has 0 bridgehead atoms. The Kier molecular flexibility index (Phi) is 3.53. The Bertz CT molecular complexity index is 461. The summed E-state index contributed by atoms with van der Waals surface area (Å²) in [5, 5.41) is 0.492. The lowest BCUT2D eigenvalue weighted by Gasteiger charge is -2.37. The number of halogens is 1. The van der Waals surface area contributed by atoms with E-state index in [1.165, 1.54) is 0 Å². The molecule has 1 saturated heterocycles. The lowest BCUT2D eigenvalue weighted by Crippen LogP contribution is -2.41. The van der Waals surface area contributed by atoms with Gasteiger partial charge in [0.15, 0.2) is 0 Å². The van der Waals surface area contributed by atoms with Crippen LogP contribution in [0.1, 0.15) is 37.0 Å². The Morgan fingerprint density at radius 1 is 1.33 bits per heavy atom. The van der Waals surface area contributed by atoms with E-state index in [-0.39, 0.29) is 5.91 Å². The monoisotopic (exact) mass is 266 g/mol. The number of hydrogen-bond donors (Lipinski definition) is 1. The van der Waals surface area contributed by atoms with Crippen molar-refractivity contribution < 1.29 is 4.79 Å². The normalized spacial score (nSPS) is 18.7. The van der Waals surface area contributed by atoms with Crippen LogP contribution in [0.2, 0.25) is 5.02 Å². The molecule has 0 spiro atoms. The summed E-state index contributed by atoms with van der Waals surface area (Å²) in [5.41, 5.74) is 7.15. The second-order valence-corrected chi connectivity index (χ2v) is 6.10. The third kappa shape index (κ3) is 2.78. The van der Waals surface area contributed by atoms with E-state index in [0.717, 1.165) is 25.9 Å². The molecule has 1 aliphatic rings. The molecule has 1 aromatic rings. The minimum absolute atomic E-state index is 0.0499. The van der Waals surface area contributed by atoms with E-state index >= 15 is 0 Å². The van der Waals surface area contributed by atoms with Crippen LogP contribution in [0.3, 0.4) is 0 Å². The molecule has 1 fully saturated rings. The Labute approximate surface area is 113 Å². The highest BCUT2D eigenvalue weighted by molar-refractivity contribution is 6.33. The summed E-state index contributed by atoms with van der Waals surface area (Å²) in [6, 6.07) is 5.07. The molecule has 0 unspecified atom stereocenters. The smallest absolute Gasteiger partial charge is 0.253 e. The Hall–Kier alpha value is -1.22. The number of carbonyl (C=O) groups excluding carboxylic acids is 1. The van der Waals surface area contributed by atoms with E-state index in [0.29, 0.717) is 21.7 Å². The molecule has 0 saturated carbocycles. The van der Waals surface area contributed by atoms with Crippen LogP contribution in [-0.4, -0.2) is 23.9 Å². The predicted octanol–water partition coefficient (Wildman–Crippen LogP) is 3.18. The lowest BCUT2D eigenvalue weighted by atomic mass is 9.82. The van der Waals surface area contributed by atoms with E-state index in [2.05, 4.69) is 13.8 Å². The van der Waals surface area contributed by atoms with Gasteiger partial charge in [-0.15, -0.1) is 0 Å². The summed E-state index contributed by atoms with van der Waals surface area (Å²) in [4.78, 5) is 14.2. The number of likely N-dealkylation sites (tertiary alicyclic amines) is 1. The van der Waals surface area contributed by atoms with Crippen molar-refractivity contribution in [1.29, 1.82) is 0 Å². The predicted molar refractivity (Wildman–Crippen MR) is 74.8 cm³/mol. The molecule has 98 valence electrons. The first-order valence-corrected chi connectivity index (χ1v) is 6.61. The first-order valence-electron chi connectivity index (χ1n) is 6.23. The summed E-state index contributed by atoms with van der Waals surface area (Å²) in [6.07, 6.45) is 2.09. The van der Waals surface area contributed by atoms with Gasteiger partial charge in [0.2, 0.25) is 0 Å². The molecule has 0 aromatic heterocycles. The molecule has 1 heterocycles. The van der Waals surface area contributed by atoms with Crippen LogP contribution in [0, 0.1) is 5.41 Å². The Morgan fingerprint density at radius 2 is 1.94 bits per heavy atom. The molecule has 1 amide bonds. The van der Waals surface area contributed by atoms with Crippen LogP contribution >= 0.6 is 11.6 Å². The molecular formula is C14H19ClN2O. The van der Waals surface area contributed by atoms with E-state index in [4.69, 9.17) is 17.3 Å². The number of amides is 1. The van der Waals surface area contributed by atoms with Crippen molar-refractivity contribution in [3.8, 4) is 0 Å². The largest absolute Gasteiger partial charge is 0.398 e. The second-order valence-electron chi connectivity index (χ2n) is 5.69. The van der Waals surface area contributed by atoms with Gasteiger partial charge in [0.25, 0.3) is 5.91 Å². The van der Waals surface area contributed by atoms with E-state index in [9.17, 15) is 4.79 Å². The first kappa shape index (κ1) is 13.2. The van der Waals surface area contributed by atoms with Gasteiger partial charge >= 0.3 is 0 Å². The van der Waals surface area contributed by atoms with Gasteiger partial charge in [0, 0.05) is 18.7 Å². The SMILES string of the molecule is CC1(C)CCN(C(=O)c2ccc(Cl)c(N)c2)CC1. The van der Waals surface area contributed by atoms with Crippen molar-refractivity contribution >= 4 is 23.2 Å². The molecule has 0 atom stereocenters. The summed E-state index contributed by atoms with van der Waals surface area (Å²) in [5.74, 6) is 0.0499. The van der Waals surface area contributed by atoms with Crippen molar-refractivity contribution in [2.45, 2.75) is 26.7 Å². The van der Waals surface area contributed by atoms with Crippen molar-refractivity contribution in [3.05, 3.63) is 28.8 Å². The highest BCUT2D eigenvalue weighted by atomic mass is 35.5. The molecule has 18 heavy (non-hydrogen) atoms. The van der Waals surface area contributed by atoms with Gasteiger partial charge in [-0.05, 0) is 36.5 Å². The van der Waals surface area contributed by atoms with Crippen LogP contribution in [0.25, 0.3) is 0 Å². The van der Waals surface area contributed by atoms with Gasteiger partial charge in [-0.2, -0.15) is 0 Å². The maximum atomic E-state index is 12.3. The summed E-state index contributed by atoms with van der Waals surface area (Å²) in [6.45, 7) is 6.12. The fourth-order valence-electron chi connectivity index (χ4n) is 2.17. The average molecular weight is 267 g/mol. The third-order valence-electron chi connectivity index (χ3n) is 3.65. The quantitative estimate of drug-likeness (QED) is 0.794. The number of benzene rings is 1. The third-order valence-corrected chi connectivity index (χ3v) is 3.99. The molecule has 4 heteroatoms. The van der Waals surface area contributed by atoms with E-state index in [1.54, 1.807) is 18.2 Å². The Morgan fingerprint density at radius 3 is 2.50 bits per heavy atom. The number of nitrogens with zero attached hydrogens (tertiary/aromatic N) is 1. The molecule has 1 aliphatic heterocycles. The number of carbonyl (C=O) groups is 1. The van der Waals surface area contributed by atoms with Gasteiger partial charge in [0.1, 0.15) is 0 Å². The van der Waals surface area contributed by atoms with Crippen LogP contribution < -0.4 is 5.73 Å². The van der Waals surface area contributed by atoms with Gasteiger partial charge in [-0.3, -0.25) is 4.79 Å². The van der Waals surface area contributed by atoms with Crippen LogP contribution in [0.15, 0.2) is 18.2 Å². The van der Waals surface area contributed by atoms with Crippen molar-refractivity contribution in [2.24, 2.45) is 5.41 Å². The average Bonchev–Trinajstić information content (AvgIpc) is 2.32. The van der Waals surface area contributed by atoms with Gasteiger partial charge in [-0.25, -0.2) is 0 Å². The topological polar surface area (TPSA) is 46.3 Å². The first-order chi connectivity index (χ1) is 8.39. The minimum atomic E-state index is 0.0499. The lowest BCUT2D eigenvalue weighted by molar-refractivity contribution is 0.0630. The Balaban J connectivity index is 2.10. The summed E-state index contributed by atoms with van der Waals surface area (Å²) >= 11 is 5.86. The number of nitrogen functional groups attached to an aromatic ring is 1. The number of rotatable bonds is 1. The second kappa shape index (κ2) is 4.81. The van der Waals surface area contributed by atoms with Crippen molar-refractivity contribution in [3.63, 3.8) is 0 Å². The fraction of sp³-hybridized carbons (Fsp3) is 0.500. The highest BCUT2D eigenvalue weighted by Crippen LogP contribution is 2.30. The van der Waals surface area contributed by atoms with Crippen LogP contribution in [-0.2, 0) is 0 Å². The van der Waals surface area contributed by atoms with Gasteiger partial charge < -0.3 is 10.6 Å². The molecule has 0 aliphatic carbocycles. The molecule has 2 N–H and O–H groups in total. The number of hydrogen-bond acceptors (Lipinski definition) is 2. The summed E-state index contributed by atoms with van der Waals surface area (Å²) in [7, 11) is 0. The molecule has 3 nitrogen and oxygen atoms in total. The maximum Gasteiger partial charge on any atom is 0.253 e. The van der Waals surface area contributed by atoms with Crippen molar-refractivity contribution in [2.75, 3.05) is 18.8 Å². The molecule has 2 rings (SSSR count). The fourth-order valence-corrected chi connectivity index (χ4v) is 2.29. The standard InChI is InChI=1S/C14H19ClN2O/c1-14(2)5-7-17(8-6-14)13(18)10-3-4-11(15)12(16)9-10/h3-4,9H,5-8,16H2,1-2H3. The zero-order chi connectivity index (χ0) is 13.3. The van der Waals surface area contributed by atoms with Gasteiger partial charge in [-0.1, -0.05) is 25.4 Å². The molecular weight excluding hydrogens is 248 g/mol. The maximum absolute atomic E-state index is 12.3. The van der Waals surface area contributed by atoms with Crippen LogP contribution in [0.5, 0.6) is 0 Å². The summed E-state index contributed by atoms with van der Waals surface area (Å²) < 4.78 is 0. The molecule has 0 radical (unpaired) electrons. The highest BCUT2D eigenvalue weighted by Gasteiger charge is 2.28. The zero-order valence-corrected chi connectivity index (χ0v) is 11.6. The minimum Gasteiger partial charge on any atom is -0.398 e. The van der Waals surface area contributed by atoms with E-state index in [1.807, 2.05) is 4.90 Å². The zero-order valence-electron chi connectivity index (χ0n) is 10.9. The number of piperidine rings is 1. The molecule has 1 aromatic carbocycles. The number of anilines is 1. The number of nitrogens with two attached hydrogens (primary N) is 1. The van der Waals surface area contributed by atoms with Crippen LogP contribution in [0.4, 0.5) is 5.69 Å². The van der Waals surface area contributed by atoms with Crippen molar-refractivity contribution in [1.82, 2.24) is 4.90 Å². The van der Waals surface area contributed by atoms with E-state index < -0.39 is 0 Å². The van der Waals surface area contributed by atoms with Gasteiger partial charge in [0.05, 0.1) is 10.7 Å².